The van der Waals surface area contributed by atoms with Gasteiger partial charge in [-0.2, -0.15) is 0 Å². The van der Waals surface area contributed by atoms with E-state index < -0.39 is 10.0 Å². The Hall–Kier alpha value is -1.31. The fraction of sp³-hybridized carbons (Fsp3) is 0.500. The first-order chi connectivity index (χ1) is 9.85. The number of anilines is 1. The zero-order valence-corrected chi connectivity index (χ0v) is 14.3. The van der Waals surface area contributed by atoms with E-state index in [1.165, 1.54) is 0 Å². The number of rotatable bonds is 4. The van der Waals surface area contributed by atoms with Crippen molar-refractivity contribution in [3.05, 3.63) is 29.3 Å². The van der Waals surface area contributed by atoms with Crippen molar-refractivity contribution in [1.29, 1.82) is 0 Å². The highest BCUT2D eigenvalue weighted by atomic mass is 35.5. The third-order valence-corrected chi connectivity index (χ3v) is 3.94. The molecule has 0 aliphatic carbocycles. The molecule has 1 aromatic rings. The van der Waals surface area contributed by atoms with E-state index in [0.29, 0.717) is 11.3 Å². The Morgan fingerprint density at radius 1 is 1.36 bits per heavy atom. The van der Waals surface area contributed by atoms with Gasteiger partial charge in [-0.1, -0.05) is 11.6 Å². The van der Waals surface area contributed by atoms with Crippen molar-refractivity contribution in [2.75, 3.05) is 24.1 Å². The number of hydrogen-bond acceptors (Lipinski definition) is 4. The van der Waals surface area contributed by atoms with Crippen molar-refractivity contribution in [2.24, 2.45) is 0 Å². The molecule has 124 valence electrons. The lowest BCUT2D eigenvalue weighted by Crippen LogP contribution is -2.45. The second-order valence-electron chi connectivity index (χ2n) is 5.44. The summed E-state index contributed by atoms with van der Waals surface area (Å²) in [5.41, 5.74) is 1.57. The largest absolute Gasteiger partial charge is 0.348 e. The van der Waals surface area contributed by atoms with Crippen LogP contribution in [0.3, 0.4) is 0 Å². The molecule has 1 fully saturated rings. The predicted octanol–water partition coefficient (Wildman–Crippen LogP) is 1.27. The van der Waals surface area contributed by atoms with Crippen LogP contribution >= 0.6 is 12.4 Å². The minimum atomic E-state index is -3.42. The maximum atomic E-state index is 12.4. The highest BCUT2D eigenvalue weighted by Gasteiger charge is 2.19. The molecule has 6 nitrogen and oxygen atoms in total. The molecule has 0 radical (unpaired) electrons. The van der Waals surface area contributed by atoms with Crippen molar-refractivity contribution in [1.82, 2.24) is 10.6 Å². The lowest BCUT2D eigenvalue weighted by atomic mass is 10.1. The summed E-state index contributed by atoms with van der Waals surface area (Å²) in [4.78, 5) is 12.4. The molecule has 0 bridgehead atoms. The minimum Gasteiger partial charge on any atom is -0.348 e. The van der Waals surface area contributed by atoms with Crippen LogP contribution in [0, 0.1) is 6.92 Å². The van der Waals surface area contributed by atoms with Gasteiger partial charge in [-0.25, -0.2) is 8.42 Å². The molecule has 2 rings (SSSR count). The zero-order chi connectivity index (χ0) is 15.5. The number of carbonyl (C=O) groups excluding carboxylic acids is 1. The molecular formula is C14H22ClN3O3S. The third-order valence-electron chi connectivity index (χ3n) is 3.35. The summed E-state index contributed by atoms with van der Waals surface area (Å²) in [6, 6.07) is 5.16. The summed E-state index contributed by atoms with van der Waals surface area (Å²) in [5, 5.41) is 6.18. The number of benzene rings is 1. The summed E-state index contributed by atoms with van der Waals surface area (Å²) in [6.45, 7) is 3.58. The first-order valence-corrected chi connectivity index (χ1v) is 8.84. The van der Waals surface area contributed by atoms with E-state index >= 15 is 0 Å². The van der Waals surface area contributed by atoms with E-state index in [1.807, 2.05) is 6.92 Å². The maximum absolute atomic E-state index is 12.4. The lowest BCUT2D eigenvalue weighted by Gasteiger charge is -2.24. The van der Waals surface area contributed by atoms with Gasteiger partial charge in [0.15, 0.2) is 0 Å². The van der Waals surface area contributed by atoms with Gasteiger partial charge in [0, 0.05) is 12.6 Å². The molecule has 0 spiro atoms. The topological polar surface area (TPSA) is 87.3 Å². The van der Waals surface area contributed by atoms with Gasteiger partial charge >= 0.3 is 0 Å². The normalized spacial score (nSPS) is 18.2. The SMILES string of the molecule is Cc1ccc(NS(C)(=O)=O)c(C(=O)NC2CCCNC2)c1.Cl. The Labute approximate surface area is 137 Å². The molecule has 1 amide bonds. The third kappa shape index (κ3) is 5.47. The fourth-order valence-electron chi connectivity index (χ4n) is 2.37. The van der Waals surface area contributed by atoms with E-state index in [-0.39, 0.29) is 24.4 Å². The van der Waals surface area contributed by atoms with Crippen LogP contribution in [0.2, 0.25) is 0 Å². The molecule has 1 aromatic carbocycles. The highest BCUT2D eigenvalue weighted by molar-refractivity contribution is 7.92. The monoisotopic (exact) mass is 347 g/mol. The van der Waals surface area contributed by atoms with Crippen molar-refractivity contribution < 1.29 is 13.2 Å². The number of piperidine rings is 1. The Balaban J connectivity index is 0.00000242. The Morgan fingerprint density at radius 3 is 2.68 bits per heavy atom. The van der Waals surface area contributed by atoms with Crippen molar-refractivity contribution in [3.63, 3.8) is 0 Å². The van der Waals surface area contributed by atoms with Crippen molar-refractivity contribution in [3.8, 4) is 0 Å². The average molecular weight is 348 g/mol. The van der Waals surface area contributed by atoms with E-state index in [4.69, 9.17) is 0 Å². The van der Waals surface area contributed by atoms with Crippen LogP contribution in [0.25, 0.3) is 0 Å². The molecule has 1 saturated heterocycles. The van der Waals surface area contributed by atoms with Crippen LogP contribution in [-0.2, 0) is 10.0 Å². The average Bonchev–Trinajstić information content (AvgIpc) is 2.40. The summed E-state index contributed by atoms with van der Waals surface area (Å²) in [7, 11) is -3.42. The Kier molecular flexibility index (Phi) is 6.65. The smallest absolute Gasteiger partial charge is 0.253 e. The number of halogens is 1. The fourth-order valence-corrected chi connectivity index (χ4v) is 2.95. The lowest BCUT2D eigenvalue weighted by molar-refractivity contribution is 0.0931. The quantitative estimate of drug-likeness (QED) is 0.765. The van der Waals surface area contributed by atoms with Crippen molar-refractivity contribution in [2.45, 2.75) is 25.8 Å². The molecule has 1 atom stereocenters. The predicted molar refractivity (Wildman–Crippen MR) is 90.3 cm³/mol. The first kappa shape index (κ1) is 18.7. The summed E-state index contributed by atoms with van der Waals surface area (Å²) >= 11 is 0. The molecule has 3 N–H and O–H groups in total. The van der Waals surface area contributed by atoms with E-state index in [9.17, 15) is 13.2 Å². The van der Waals surface area contributed by atoms with E-state index in [2.05, 4.69) is 15.4 Å². The van der Waals surface area contributed by atoms with Gasteiger partial charge in [-0.3, -0.25) is 9.52 Å². The molecule has 0 saturated carbocycles. The molecule has 1 heterocycles. The minimum absolute atomic E-state index is 0. The molecule has 8 heteroatoms. The second-order valence-corrected chi connectivity index (χ2v) is 7.19. The van der Waals surface area contributed by atoms with Crippen LogP contribution in [0.15, 0.2) is 18.2 Å². The molecule has 22 heavy (non-hydrogen) atoms. The molecule has 1 unspecified atom stereocenters. The van der Waals surface area contributed by atoms with E-state index in [1.54, 1.807) is 18.2 Å². The molecule has 1 aliphatic heterocycles. The number of aryl methyl sites for hydroxylation is 1. The van der Waals surface area contributed by atoms with Crippen LogP contribution in [0.1, 0.15) is 28.8 Å². The second kappa shape index (κ2) is 7.80. The van der Waals surface area contributed by atoms with Crippen LogP contribution in [0.4, 0.5) is 5.69 Å². The number of carbonyl (C=O) groups is 1. The van der Waals surface area contributed by atoms with Gasteiger partial charge in [0.25, 0.3) is 5.91 Å². The van der Waals surface area contributed by atoms with E-state index in [0.717, 1.165) is 37.8 Å². The first-order valence-electron chi connectivity index (χ1n) is 6.95. The van der Waals surface area contributed by atoms with Crippen molar-refractivity contribution >= 4 is 34.0 Å². The maximum Gasteiger partial charge on any atom is 0.253 e. The highest BCUT2D eigenvalue weighted by Crippen LogP contribution is 2.19. The Bertz CT molecular complexity index is 628. The Morgan fingerprint density at radius 2 is 2.09 bits per heavy atom. The van der Waals surface area contributed by atoms with Gasteiger partial charge in [0.05, 0.1) is 17.5 Å². The molecular weight excluding hydrogens is 326 g/mol. The number of hydrogen-bond donors (Lipinski definition) is 3. The number of nitrogens with one attached hydrogen (secondary N) is 3. The van der Waals surface area contributed by atoms with Crippen LogP contribution < -0.4 is 15.4 Å². The summed E-state index contributed by atoms with van der Waals surface area (Å²) < 4.78 is 25.2. The number of sulfonamides is 1. The summed E-state index contributed by atoms with van der Waals surface area (Å²) in [5.74, 6) is -0.251. The van der Waals surface area contributed by atoms with Gasteiger partial charge in [-0.05, 0) is 38.4 Å². The van der Waals surface area contributed by atoms with Crippen LogP contribution in [-0.4, -0.2) is 39.7 Å². The van der Waals surface area contributed by atoms with Crippen LogP contribution in [0.5, 0.6) is 0 Å². The van der Waals surface area contributed by atoms with Gasteiger partial charge in [0.2, 0.25) is 10.0 Å². The molecule has 0 aromatic heterocycles. The van der Waals surface area contributed by atoms with Gasteiger partial charge in [-0.15, -0.1) is 12.4 Å². The van der Waals surface area contributed by atoms with Gasteiger partial charge in [0.1, 0.15) is 0 Å². The molecule has 1 aliphatic rings. The number of amides is 1. The standard InChI is InChI=1S/C14H21N3O3S.ClH/c1-10-5-6-13(17-21(2,19)20)12(8-10)14(18)16-11-4-3-7-15-9-11;/h5-6,8,11,15,17H,3-4,7,9H2,1-2H3,(H,16,18);1H. The zero-order valence-electron chi connectivity index (χ0n) is 12.7. The summed E-state index contributed by atoms with van der Waals surface area (Å²) in [6.07, 6.45) is 3.02. The van der Waals surface area contributed by atoms with Gasteiger partial charge < -0.3 is 10.6 Å².